The summed E-state index contributed by atoms with van der Waals surface area (Å²) >= 11 is 1.38. The molecule has 1 aromatic carbocycles. The number of anilines is 2. The van der Waals surface area contributed by atoms with Crippen LogP contribution in [0.4, 0.5) is 15.6 Å². The highest BCUT2D eigenvalue weighted by Crippen LogP contribution is 2.25. The van der Waals surface area contributed by atoms with Gasteiger partial charge < -0.3 is 15.3 Å². The number of aromatic nitrogens is 2. The lowest BCUT2D eigenvalue weighted by atomic mass is 9.97. The van der Waals surface area contributed by atoms with Crippen molar-refractivity contribution in [2.45, 2.75) is 19.4 Å². The van der Waals surface area contributed by atoms with Gasteiger partial charge in [-0.15, -0.1) is 11.3 Å². The SMILES string of the molecule is O=C(NCc1ccc(N2CCC(CO)CC2)cc1)Nc1nc(-c2cccnc2)cs1. The highest BCUT2D eigenvalue weighted by Gasteiger charge is 2.18. The van der Waals surface area contributed by atoms with E-state index in [1.54, 1.807) is 12.4 Å². The van der Waals surface area contributed by atoms with Gasteiger partial charge in [0.05, 0.1) is 5.69 Å². The predicted molar refractivity (Wildman–Crippen MR) is 120 cm³/mol. The Morgan fingerprint density at radius 1 is 1.20 bits per heavy atom. The molecule has 4 rings (SSSR count). The number of urea groups is 1. The molecule has 3 heterocycles. The third-order valence-electron chi connectivity index (χ3n) is 5.31. The number of pyridine rings is 1. The maximum absolute atomic E-state index is 12.2. The van der Waals surface area contributed by atoms with E-state index >= 15 is 0 Å². The highest BCUT2D eigenvalue weighted by molar-refractivity contribution is 7.14. The number of thiazole rings is 1. The summed E-state index contributed by atoms with van der Waals surface area (Å²) in [6.45, 7) is 2.67. The molecule has 0 unspecified atom stereocenters. The molecule has 8 heteroatoms. The largest absolute Gasteiger partial charge is 0.396 e. The Bertz CT molecular complexity index is 953. The second kappa shape index (κ2) is 9.69. The molecule has 2 amide bonds. The van der Waals surface area contributed by atoms with Crippen LogP contribution in [0, 0.1) is 5.92 Å². The van der Waals surface area contributed by atoms with Gasteiger partial charge in [-0.05, 0) is 48.6 Å². The van der Waals surface area contributed by atoms with E-state index < -0.39 is 0 Å². The number of carbonyl (C=O) groups excluding carboxylic acids is 1. The monoisotopic (exact) mass is 423 g/mol. The van der Waals surface area contributed by atoms with Crippen LogP contribution >= 0.6 is 11.3 Å². The molecule has 1 aliphatic rings. The van der Waals surface area contributed by atoms with Crippen molar-refractivity contribution in [1.82, 2.24) is 15.3 Å². The van der Waals surface area contributed by atoms with Crippen LogP contribution in [-0.2, 0) is 6.54 Å². The summed E-state index contributed by atoms with van der Waals surface area (Å²) in [7, 11) is 0. The zero-order chi connectivity index (χ0) is 20.8. The second-order valence-corrected chi connectivity index (χ2v) is 8.22. The number of nitrogens with zero attached hydrogens (tertiary/aromatic N) is 3. The third kappa shape index (κ3) is 5.14. The molecule has 0 spiro atoms. The predicted octanol–water partition coefficient (Wildman–Crippen LogP) is 3.74. The van der Waals surface area contributed by atoms with E-state index in [4.69, 9.17) is 0 Å². The molecule has 0 saturated carbocycles. The minimum atomic E-state index is -0.280. The fraction of sp³-hybridized carbons (Fsp3) is 0.318. The summed E-state index contributed by atoms with van der Waals surface area (Å²) in [5, 5.41) is 17.4. The first-order valence-corrected chi connectivity index (χ1v) is 10.9. The van der Waals surface area contributed by atoms with E-state index in [1.807, 2.05) is 29.6 Å². The van der Waals surface area contributed by atoms with Crippen LogP contribution < -0.4 is 15.5 Å². The molecule has 1 aliphatic heterocycles. The Kier molecular flexibility index (Phi) is 6.56. The lowest BCUT2D eigenvalue weighted by Crippen LogP contribution is -2.34. The fourth-order valence-corrected chi connectivity index (χ4v) is 4.21. The third-order valence-corrected chi connectivity index (χ3v) is 6.07. The van der Waals surface area contributed by atoms with Crippen LogP contribution in [-0.4, -0.2) is 40.8 Å². The maximum Gasteiger partial charge on any atom is 0.321 e. The molecule has 2 aromatic heterocycles. The van der Waals surface area contributed by atoms with Gasteiger partial charge in [-0.3, -0.25) is 10.3 Å². The number of benzene rings is 1. The van der Waals surface area contributed by atoms with Crippen molar-refractivity contribution in [3.63, 3.8) is 0 Å². The van der Waals surface area contributed by atoms with Gasteiger partial charge in [0.1, 0.15) is 0 Å². The van der Waals surface area contributed by atoms with E-state index in [0.717, 1.165) is 42.8 Å². The van der Waals surface area contributed by atoms with E-state index in [0.29, 0.717) is 17.6 Å². The van der Waals surface area contributed by atoms with Crippen LogP contribution in [0.25, 0.3) is 11.3 Å². The molecule has 3 N–H and O–H groups in total. The minimum absolute atomic E-state index is 0.280. The summed E-state index contributed by atoms with van der Waals surface area (Å²) in [5.41, 5.74) is 3.93. The van der Waals surface area contributed by atoms with Gasteiger partial charge in [0.25, 0.3) is 0 Å². The molecule has 0 aliphatic carbocycles. The van der Waals surface area contributed by atoms with Gasteiger partial charge in [-0.25, -0.2) is 9.78 Å². The molecule has 0 bridgehead atoms. The molecule has 3 aromatic rings. The lowest BCUT2D eigenvalue weighted by Gasteiger charge is -2.33. The molecule has 156 valence electrons. The molecular formula is C22H25N5O2S. The van der Waals surface area contributed by atoms with E-state index in [9.17, 15) is 9.90 Å². The summed E-state index contributed by atoms with van der Waals surface area (Å²) in [4.78, 5) is 23.1. The van der Waals surface area contributed by atoms with Crippen LogP contribution in [0.5, 0.6) is 0 Å². The first-order valence-electron chi connectivity index (χ1n) is 10.1. The molecule has 0 atom stereocenters. The molecule has 30 heavy (non-hydrogen) atoms. The molecule has 0 radical (unpaired) electrons. The zero-order valence-electron chi connectivity index (χ0n) is 16.6. The van der Waals surface area contributed by atoms with Crippen molar-refractivity contribution in [1.29, 1.82) is 0 Å². The summed E-state index contributed by atoms with van der Waals surface area (Å²) < 4.78 is 0. The number of aliphatic hydroxyl groups is 1. The second-order valence-electron chi connectivity index (χ2n) is 7.37. The number of hydrogen-bond acceptors (Lipinski definition) is 6. The van der Waals surface area contributed by atoms with Crippen LogP contribution in [0.3, 0.4) is 0 Å². The smallest absolute Gasteiger partial charge is 0.321 e. The number of rotatable bonds is 6. The number of carbonyl (C=O) groups is 1. The Morgan fingerprint density at radius 2 is 2.00 bits per heavy atom. The normalized spacial score (nSPS) is 14.5. The lowest BCUT2D eigenvalue weighted by molar-refractivity contribution is 0.203. The molecule has 1 fully saturated rings. The van der Waals surface area contributed by atoms with Crippen LogP contribution in [0.15, 0.2) is 54.2 Å². The number of nitrogens with one attached hydrogen (secondary N) is 2. The van der Waals surface area contributed by atoms with E-state index in [-0.39, 0.29) is 12.6 Å². The van der Waals surface area contributed by atoms with Crippen molar-refractivity contribution in [2.75, 3.05) is 29.9 Å². The first-order chi connectivity index (χ1) is 14.7. The van der Waals surface area contributed by atoms with Gasteiger partial charge in [0, 0.05) is 55.3 Å². The average molecular weight is 424 g/mol. The Balaban J connectivity index is 1.26. The van der Waals surface area contributed by atoms with Gasteiger partial charge in [0.15, 0.2) is 5.13 Å². The zero-order valence-corrected chi connectivity index (χ0v) is 17.4. The van der Waals surface area contributed by atoms with Crippen molar-refractivity contribution in [2.24, 2.45) is 5.92 Å². The Hall–Kier alpha value is -2.97. The fourth-order valence-electron chi connectivity index (χ4n) is 3.50. The number of aliphatic hydroxyl groups excluding tert-OH is 1. The summed E-state index contributed by atoms with van der Waals surface area (Å²) in [6.07, 6.45) is 5.52. The first kappa shape index (κ1) is 20.3. The van der Waals surface area contributed by atoms with Crippen molar-refractivity contribution < 1.29 is 9.90 Å². The minimum Gasteiger partial charge on any atom is -0.396 e. The quantitative estimate of drug-likeness (QED) is 0.562. The van der Waals surface area contributed by atoms with Gasteiger partial charge in [0.2, 0.25) is 0 Å². The van der Waals surface area contributed by atoms with Crippen molar-refractivity contribution in [3.05, 3.63) is 59.7 Å². The van der Waals surface area contributed by atoms with Crippen molar-refractivity contribution in [3.8, 4) is 11.3 Å². The van der Waals surface area contributed by atoms with Crippen LogP contribution in [0.2, 0.25) is 0 Å². The van der Waals surface area contributed by atoms with Gasteiger partial charge in [-0.2, -0.15) is 0 Å². The van der Waals surface area contributed by atoms with E-state index in [1.165, 1.54) is 17.0 Å². The average Bonchev–Trinajstić information content (AvgIpc) is 3.27. The van der Waals surface area contributed by atoms with E-state index in [2.05, 4.69) is 37.6 Å². The maximum atomic E-state index is 12.2. The summed E-state index contributed by atoms with van der Waals surface area (Å²) in [5.74, 6) is 0.432. The number of piperidine rings is 1. The Morgan fingerprint density at radius 3 is 2.70 bits per heavy atom. The topological polar surface area (TPSA) is 90.4 Å². The molecular weight excluding hydrogens is 398 g/mol. The number of hydrogen-bond donors (Lipinski definition) is 3. The molecule has 1 saturated heterocycles. The van der Waals surface area contributed by atoms with Gasteiger partial charge in [-0.1, -0.05) is 12.1 Å². The Labute approximate surface area is 179 Å². The molecule has 7 nitrogen and oxygen atoms in total. The van der Waals surface area contributed by atoms with Crippen LogP contribution in [0.1, 0.15) is 18.4 Å². The summed E-state index contributed by atoms with van der Waals surface area (Å²) in [6, 6.07) is 11.8. The highest BCUT2D eigenvalue weighted by atomic mass is 32.1. The van der Waals surface area contributed by atoms with Crippen molar-refractivity contribution >= 4 is 28.2 Å². The standard InChI is InChI=1S/C22H25N5O2S/c28-14-17-7-10-27(11-8-17)19-5-3-16(4-6-19)12-24-21(29)26-22-25-20(15-30-22)18-2-1-9-23-13-18/h1-6,9,13,15,17,28H,7-8,10-12,14H2,(H2,24,25,26,29). The number of amides is 2. The van der Waals surface area contributed by atoms with Gasteiger partial charge >= 0.3 is 6.03 Å².